The van der Waals surface area contributed by atoms with Crippen molar-refractivity contribution in [1.82, 2.24) is 9.97 Å². The van der Waals surface area contributed by atoms with Gasteiger partial charge in [-0.15, -0.1) is 0 Å². The van der Waals surface area contributed by atoms with E-state index in [9.17, 15) is 0 Å². The third-order valence-corrected chi connectivity index (χ3v) is 4.41. The second-order valence-electron chi connectivity index (χ2n) is 6.81. The fourth-order valence-electron chi connectivity index (χ4n) is 2.60. The Morgan fingerprint density at radius 2 is 2.05 bits per heavy atom. The predicted molar refractivity (Wildman–Crippen MR) is 87.1 cm³/mol. The van der Waals surface area contributed by atoms with Crippen LogP contribution < -0.4 is 5.32 Å². The van der Waals surface area contributed by atoms with Crippen molar-refractivity contribution in [2.45, 2.75) is 59.0 Å². The molecule has 118 valence electrons. The highest BCUT2D eigenvalue weighted by Crippen LogP contribution is 2.28. The zero-order chi connectivity index (χ0) is 15.6. The molecule has 21 heavy (non-hydrogen) atoms. The van der Waals surface area contributed by atoms with Crippen LogP contribution in [0.25, 0.3) is 0 Å². The van der Waals surface area contributed by atoms with Gasteiger partial charge in [-0.1, -0.05) is 39.3 Å². The average molecular weight is 312 g/mol. The van der Waals surface area contributed by atoms with Crippen LogP contribution in [0.2, 0.25) is 5.15 Å². The SMILES string of the molecule is CCC1OCCC1CNc1nc(C(C)(C)C)nc(Cl)c1C. The minimum atomic E-state index is -0.115. The Bertz CT molecular complexity index is 499. The smallest absolute Gasteiger partial charge is 0.137 e. The third kappa shape index (κ3) is 3.86. The molecule has 0 spiro atoms. The molecule has 0 saturated carbocycles. The number of halogens is 1. The number of nitrogens with one attached hydrogen (secondary N) is 1. The standard InChI is InChI=1S/C16H26ClN3O/c1-6-12-11(7-8-21-12)9-18-14-10(2)13(17)19-15(20-14)16(3,4)5/h11-12H,6-9H2,1-5H3,(H,18,19,20). The first kappa shape index (κ1) is 16.5. The van der Waals surface area contributed by atoms with Gasteiger partial charge in [-0.3, -0.25) is 0 Å². The maximum atomic E-state index is 6.26. The number of ether oxygens (including phenoxy) is 1. The lowest BCUT2D eigenvalue weighted by Gasteiger charge is -2.21. The fraction of sp³-hybridized carbons (Fsp3) is 0.750. The second-order valence-corrected chi connectivity index (χ2v) is 7.17. The molecular formula is C16H26ClN3O. The molecule has 0 amide bonds. The van der Waals surface area contributed by atoms with E-state index < -0.39 is 0 Å². The first-order valence-corrected chi connectivity index (χ1v) is 8.10. The van der Waals surface area contributed by atoms with Crippen LogP contribution in [0, 0.1) is 12.8 Å². The van der Waals surface area contributed by atoms with Crippen molar-refractivity contribution in [3.63, 3.8) is 0 Å². The van der Waals surface area contributed by atoms with Crippen molar-refractivity contribution in [2.75, 3.05) is 18.5 Å². The zero-order valence-electron chi connectivity index (χ0n) is 13.7. The van der Waals surface area contributed by atoms with Gasteiger partial charge in [-0.2, -0.15) is 0 Å². The largest absolute Gasteiger partial charge is 0.378 e. The van der Waals surface area contributed by atoms with Gasteiger partial charge in [-0.05, 0) is 19.8 Å². The van der Waals surface area contributed by atoms with Gasteiger partial charge in [0.05, 0.1) is 6.10 Å². The molecule has 0 radical (unpaired) electrons. The summed E-state index contributed by atoms with van der Waals surface area (Å²) in [6, 6.07) is 0. The van der Waals surface area contributed by atoms with E-state index in [0.29, 0.717) is 17.2 Å². The second kappa shape index (κ2) is 6.49. The van der Waals surface area contributed by atoms with Crippen LogP contribution in [0.5, 0.6) is 0 Å². The lowest BCUT2D eigenvalue weighted by molar-refractivity contribution is 0.0900. The van der Waals surface area contributed by atoms with Crippen LogP contribution in [-0.2, 0) is 10.2 Å². The van der Waals surface area contributed by atoms with Gasteiger partial charge >= 0.3 is 0 Å². The topological polar surface area (TPSA) is 47.0 Å². The number of hydrogen-bond donors (Lipinski definition) is 1. The van der Waals surface area contributed by atoms with Crippen molar-refractivity contribution in [3.8, 4) is 0 Å². The Hall–Kier alpha value is -0.870. The van der Waals surface area contributed by atoms with Gasteiger partial charge in [0.1, 0.15) is 16.8 Å². The molecule has 1 aromatic rings. The first-order chi connectivity index (χ1) is 9.82. The molecule has 4 nitrogen and oxygen atoms in total. The van der Waals surface area contributed by atoms with E-state index in [1.165, 1.54) is 0 Å². The molecule has 5 heteroatoms. The van der Waals surface area contributed by atoms with E-state index in [1.807, 2.05) is 6.92 Å². The van der Waals surface area contributed by atoms with Gasteiger partial charge in [0.15, 0.2) is 0 Å². The zero-order valence-corrected chi connectivity index (χ0v) is 14.4. The molecule has 2 atom stereocenters. The molecule has 0 aromatic carbocycles. The van der Waals surface area contributed by atoms with Crippen LogP contribution in [-0.4, -0.2) is 29.2 Å². The highest BCUT2D eigenvalue weighted by molar-refractivity contribution is 6.30. The van der Waals surface area contributed by atoms with Crippen molar-refractivity contribution in [3.05, 3.63) is 16.5 Å². The van der Waals surface area contributed by atoms with E-state index in [4.69, 9.17) is 16.3 Å². The highest BCUT2D eigenvalue weighted by Gasteiger charge is 2.27. The number of rotatable bonds is 4. The minimum absolute atomic E-state index is 0.115. The van der Waals surface area contributed by atoms with E-state index >= 15 is 0 Å². The quantitative estimate of drug-likeness (QED) is 0.855. The Morgan fingerprint density at radius 1 is 1.33 bits per heavy atom. The highest BCUT2D eigenvalue weighted by atomic mass is 35.5. The summed E-state index contributed by atoms with van der Waals surface area (Å²) in [5.41, 5.74) is 0.799. The van der Waals surface area contributed by atoms with Crippen LogP contribution in [0.1, 0.15) is 51.9 Å². The van der Waals surface area contributed by atoms with Crippen LogP contribution in [0.4, 0.5) is 5.82 Å². The predicted octanol–water partition coefficient (Wildman–Crippen LogP) is 3.96. The fourth-order valence-corrected chi connectivity index (χ4v) is 2.77. The number of aromatic nitrogens is 2. The third-order valence-electron chi connectivity index (χ3n) is 4.04. The molecule has 1 saturated heterocycles. The maximum Gasteiger partial charge on any atom is 0.137 e. The van der Waals surface area contributed by atoms with E-state index in [-0.39, 0.29) is 5.41 Å². The first-order valence-electron chi connectivity index (χ1n) is 7.73. The number of nitrogens with zero attached hydrogens (tertiary/aromatic N) is 2. The summed E-state index contributed by atoms with van der Waals surface area (Å²) >= 11 is 6.26. The molecule has 1 aliphatic rings. The van der Waals surface area contributed by atoms with Gasteiger partial charge in [0, 0.05) is 30.0 Å². The van der Waals surface area contributed by atoms with Crippen molar-refractivity contribution in [2.24, 2.45) is 5.92 Å². The molecule has 1 fully saturated rings. The molecular weight excluding hydrogens is 286 g/mol. The molecule has 1 aliphatic heterocycles. The average Bonchev–Trinajstić information content (AvgIpc) is 2.86. The van der Waals surface area contributed by atoms with Crippen LogP contribution >= 0.6 is 11.6 Å². The molecule has 1 N–H and O–H groups in total. The van der Waals surface area contributed by atoms with Crippen molar-refractivity contribution in [1.29, 1.82) is 0 Å². The Kier molecular flexibility index (Phi) is 5.10. The molecule has 2 heterocycles. The summed E-state index contributed by atoms with van der Waals surface area (Å²) in [5.74, 6) is 2.17. The summed E-state index contributed by atoms with van der Waals surface area (Å²) in [4.78, 5) is 9.07. The van der Waals surface area contributed by atoms with Gasteiger partial charge in [0.25, 0.3) is 0 Å². The Balaban J connectivity index is 2.14. The van der Waals surface area contributed by atoms with E-state index in [0.717, 1.165) is 43.2 Å². The molecule has 2 unspecified atom stereocenters. The van der Waals surface area contributed by atoms with Gasteiger partial charge in [0.2, 0.25) is 0 Å². The van der Waals surface area contributed by atoms with Crippen LogP contribution in [0.15, 0.2) is 0 Å². The molecule has 2 rings (SSSR count). The molecule has 0 aliphatic carbocycles. The summed E-state index contributed by atoms with van der Waals surface area (Å²) in [6.07, 6.45) is 2.52. The monoisotopic (exact) mass is 311 g/mol. The van der Waals surface area contributed by atoms with E-state index in [2.05, 4.69) is 43.0 Å². The number of anilines is 1. The Labute approximate surface area is 132 Å². The Morgan fingerprint density at radius 3 is 2.67 bits per heavy atom. The van der Waals surface area contributed by atoms with Gasteiger partial charge in [-0.25, -0.2) is 9.97 Å². The normalized spacial score (nSPS) is 22.6. The van der Waals surface area contributed by atoms with Crippen molar-refractivity contribution < 1.29 is 4.74 Å². The van der Waals surface area contributed by atoms with E-state index in [1.54, 1.807) is 0 Å². The van der Waals surface area contributed by atoms with Crippen molar-refractivity contribution >= 4 is 17.4 Å². The lowest BCUT2D eigenvalue weighted by Crippen LogP contribution is -2.24. The molecule has 0 bridgehead atoms. The van der Waals surface area contributed by atoms with Crippen LogP contribution in [0.3, 0.4) is 0 Å². The number of hydrogen-bond acceptors (Lipinski definition) is 4. The summed E-state index contributed by atoms with van der Waals surface area (Å²) in [7, 11) is 0. The molecule has 1 aromatic heterocycles. The lowest BCUT2D eigenvalue weighted by atomic mass is 9.95. The summed E-state index contributed by atoms with van der Waals surface area (Å²) in [5, 5.41) is 3.99. The maximum absolute atomic E-state index is 6.26. The minimum Gasteiger partial charge on any atom is -0.378 e. The summed E-state index contributed by atoms with van der Waals surface area (Å²) < 4.78 is 5.74. The summed E-state index contributed by atoms with van der Waals surface area (Å²) in [6.45, 7) is 12.1. The van der Waals surface area contributed by atoms with Gasteiger partial charge < -0.3 is 10.1 Å².